The van der Waals surface area contributed by atoms with Gasteiger partial charge in [-0.05, 0) is 17.7 Å². The summed E-state index contributed by atoms with van der Waals surface area (Å²) in [7, 11) is 1.32. The second-order valence-electron chi connectivity index (χ2n) is 4.69. The molecule has 0 bridgehead atoms. The molecule has 0 spiro atoms. The van der Waals surface area contributed by atoms with Crippen LogP contribution >= 0.6 is 39.7 Å². The first-order valence-corrected chi connectivity index (χ1v) is 8.48. The first-order valence-electron chi connectivity index (χ1n) is 6.81. The van der Waals surface area contributed by atoms with E-state index in [0.29, 0.717) is 10.7 Å². The number of carbonyl (C=O) groups is 2. The van der Waals surface area contributed by atoms with Crippen LogP contribution < -0.4 is 11.1 Å². The van der Waals surface area contributed by atoms with Crippen LogP contribution in [-0.2, 0) is 16.1 Å². The highest BCUT2D eigenvalue weighted by Gasteiger charge is 2.21. The Morgan fingerprint density at radius 2 is 2.04 bits per heavy atom. The summed E-state index contributed by atoms with van der Waals surface area (Å²) in [4.78, 5) is 28.1. The van der Waals surface area contributed by atoms with E-state index in [-0.39, 0.29) is 31.3 Å². The molecule has 24 heavy (non-hydrogen) atoms. The molecule has 0 aliphatic heterocycles. The molecule has 0 saturated carbocycles. The monoisotopic (exact) mass is 433 g/mol. The SMILES string of the molecule is COC(=O)CC(NC(=O)c1csc(CN)n1)c1ccc(Br)cc1.Cl. The number of ether oxygens (including phenoxy) is 1. The van der Waals surface area contributed by atoms with Crippen LogP contribution in [0.25, 0.3) is 0 Å². The highest BCUT2D eigenvalue weighted by atomic mass is 79.9. The van der Waals surface area contributed by atoms with Gasteiger partial charge in [0, 0.05) is 16.4 Å². The minimum atomic E-state index is -0.494. The highest BCUT2D eigenvalue weighted by Crippen LogP contribution is 2.21. The number of esters is 1. The Balaban J connectivity index is 0.00000288. The zero-order valence-corrected chi connectivity index (χ0v) is 16.0. The maximum atomic E-state index is 12.3. The van der Waals surface area contributed by atoms with Crippen molar-refractivity contribution < 1.29 is 14.3 Å². The van der Waals surface area contributed by atoms with Gasteiger partial charge in [0.05, 0.1) is 19.6 Å². The first kappa shape index (κ1) is 20.6. The van der Waals surface area contributed by atoms with Crippen LogP contribution in [0.15, 0.2) is 34.1 Å². The summed E-state index contributed by atoms with van der Waals surface area (Å²) in [5.41, 5.74) is 6.60. The van der Waals surface area contributed by atoms with Crippen molar-refractivity contribution in [2.45, 2.75) is 19.0 Å². The Morgan fingerprint density at radius 3 is 2.58 bits per heavy atom. The lowest BCUT2D eigenvalue weighted by Crippen LogP contribution is -2.30. The number of hydrogen-bond acceptors (Lipinski definition) is 6. The smallest absolute Gasteiger partial charge is 0.307 e. The molecule has 6 nitrogen and oxygen atoms in total. The minimum absolute atomic E-state index is 0. The molecule has 0 radical (unpaired) electrons. The molecule has 0 saturated heterocycles. The Kier molecular flexibility index (Phi) is 8.34. The van der Waals surface area contributed by atoms with Gasteiger partial charge in [-0.2, -0.15) is 0 Å². The van der Waals surface area contributed by atoms with E-state index >= 15 is 0 Å². The maximum Gasteiger partial charge on any atom is 0.307 e. The van der Waals surface area contributed by atoms with Gasteiger partial charge >= 0.3 is 5.97 Å². The number of methoxy groups -OCH3 is 1. The molecule has 0 fully saturated rings. The Morgan fingerprint density at radius 1 is 1.38 bits per heavy atom. The number of hydrogen-bond donors (Lipinski definition) is 2. The van der Waals surface area contributed by atoms with Crippen LogP contribution in [0.3, 0.4) is 0 Å². The first-order chi connectivity index (χ1) is 11.0. The zero-order chi connectivity index (χ0) is 16.8. The minimum Gasteiger partial charge on any atom is -0.469 e. The summed E-state index contributed by atoms with van der Waals surface area (Å²) in [6, 6.07) is 6.88. The molecule has 1 unspecified atom stereocenters. The number of rotatable bonds is 6. The molecule has 1 amide bonds. The van der Waals surface area contributed by atoms with Crippen molar-refractivity contribution in [1.29, 1.82) is 0 Å². The average Bonchev–Trinajstić information content (AvgIpc) is 3.04. The Bertz CT molecular complexity index is 694. The lowest BCUT2D eigenvalue weighted by molar-refractivity contribution is -0.141. The van der Waals surface area contributed by atoms with Gasteiger partial charge in [-0.25, -0.2) is 4.98 Å². The van der Waals surface area contributed by atoms with Crippen molar-refractivity contribution in [2.75, 3.05) is 7.11 Å². The maximum absolute atomic E-state index is 12.3. The summed E-state index contributed by atoms with van der Waals surface area (Å²) in [6.07, 6.45) is 0.0394. The number of nitrogens with two attached hydrogens (primary N) is 1. The molecular weight excluding hydrogens is 418 g/mol. The van der Waals surface area contributed by atoms with Crippen LogP contribution in [0.2, 0.25) is 0 Å². The molecule has 130 valence electrons. The third-order valence-electron chi connectivity index (χ3n) is 3.14. The molecule has 2 aromatic rings. The van der Waals surface area contributed by atoms with Crippen LogP contribution in [0.5, 0.6) is 0 Å². The van der Waals surface area contributed by atoms with Gasteiger partial charge < -0.3 is 15.8 Å². The third-order valence-corrected chi connectivity index (χ3v) is 4.53. The quantitative estimate of drug-likeness (QED) is 0.682. The third kappa shape index (κ3) is 5.55. The van der Waals surface area contributed by atoms with Crippen molar-refractivity contribution >= 4 is 51.6 Å². The van der Waals surface area contributed by atoms with Crippen LogP contribution in [0, 0.1) is 0 Å². The molecular formula is C15H17BrClN3O3S. The highest BCUT2D eigenvalue weighted by molar-refractivity contribution is 9.10. The number of aromatic nitrogens is 1. The van der Waals surface area contributed by atoms with E-state index in [1.807, 2.05) is 24.3 Å². The van der Waals surface area contributed by atoms with E-state index in [1.54, 1.807) is 5.38 Å². The standard InChI is InChI=1S/C15H16BrN3O3S.ClH/c1-22-14(20)6-11(9-2-4-10(16)5-3-9)19-15(21)12-8-23-13(7-17)18-12;/h2-5,8,11H,6-7,17H2,1H3,(H,19,21);1H. The second kappa shape index (κ2) is 9.73. The molecule has 2 rings (SSSR count). The van der Waals surface area contributed by atoms with Gasteiger partial charge in [0.1, 0.15) is 10.7 Å². The van der Waals surface area contributed by atoms with E-state index in [9.17, 15) is 9.59 Å². The van der Waals surface area contributed by atoms with E-state index in [2.05, 4.69) is 26.2 Å². The van der Waals surface area contributed by atoms with Crippen molar-refractivity contribution in [3.63, 3.8) is 0 Å². The Labute approximate surface area is 158 Å². The van der Waals surface area contributed by atoms with Crippen LogP contribution in [0.4, 0.5) is 0 Å². The van der Waals surface area contributed by atoms with E-state index < -0.39 is 12.0 Å². The number of nitrogens with one attached hydrogen (secondary N) is 1. The molecule has 0 aliphatic carbocycles. The number of amides is 1. The average molecular weight is 435 g/mol. The molecule has 0 aliphatic rings. The summed E-state index contributed by atoms with van der Waals surface area (Å²) in [5.74, 6) is -0.753. The van der Waals surface area contributed by atoms with Crippen molar-refractivity contribution in [1.82, 2.24) is 10.3 Å². The number of benzene rings is 1. The molecule has 9 heteroatoms. The molecule has 1 heterocycles. The molecule has 1 atom stereocenters. The van der Waals surface area contributed by atoms with Gasteiger partial charge in [-0.1, -0.05) is 28.1 Å². The summed E-state index contributed by atoms with van der Waals surface area (Å²) in [6.45, 7) is 0.288. The van der Waals surface area contributed by atoms with E-state index in [4.69, 9.17) is 10.5 Å². The van der Waals surface area contributed by atoms with Crippen molar-refractivity contribution in [3.8, 4) is 0 Å². The fourth-order valence-electron chi connectivity index (χ4n) is 1.94. The largest absolute Gasteiger partial charge is 0.469 e. The summed E-state index contributed by atoms with van der Waals surface area (Å²) in [5, 5.41) is 5.15. The van der Waals surface area contributed by atoms with E-state index in [0.717, 1.165) is 10.0 Å². The van der Waals surface area contributed by atoms with Gasteiger partial charge in [-0.15, -0.1) is 23.7 Å². The predicted molar refractivity (Wildman–Crippen MR) is 98.2 cm³/mol. The topological polar surface area (TPSA) is 94.3 Å². The van der Waals surface area contributed by atoms with Crippen molar-refractivity contribution in [2.24, 2.45) is 5.73 Å². The second-order valence-corrected chi connectivity index (χ2v) is 6.55. The number of carbonyl (C=O) groups excluding carboxylic acids is 2. The molecule has 1 aromatic heterocycles. The fourth-order valence-corrected chi connectivity index (χ4v) is 2.86. The van der Waals surface area contributed by atoms with Gasteiger partial charge in [0.25, 0.3) is 5.91 Å². The molecule has 3 N–H and O–H groups in total. The fraction of sp³-hybridized carbons (Fsp3) is 0.267. The van der Waals surface area contributed by atoms with Crippen LogP contribution in [-0.4, -0.2) is 24.0 Å². The Hall–Kier alpha value is -1.48. The lowest BCUT2D eigenvalue weighted by atomic mass is 10.0. The molecule has 1 aromatic carbocycles. The zero-order valence-electron chi connectivity index (χ0n) is 12.8. The van der Waals surface area contributed by atoms with Gasteiger partial charge in [0.15, 0.2) is 0 Å². The van der Waals surface area contributed by atoms with Gasteiger partial charge in [0.2, 0.25) is 0 Å². The number of halogens is 2. The van der Waals surface area contributed by atoms with E-state index in [1.165, 1.54) is 18.4 Å². The lowest BCUT2D eigenvalue weighted by Gasteiger charge is -2.17. The normalized spacial score (nSPS) is 11.3. The van der Waals surface area contributed by atoms with Crippen LogP contribution in [0.1, 0.15) is 33.5 Å². The number of thiazole rings is 1. The summed E-state index contributed by atoms with van der Waals surface area (Å²) < 4.78 is 5.62. The van der Waals surface area contributed by atoms with Crippen molar-refractivity contribution in [3.05, 3.63) is 50.4 Å². The predicted octanol–water partition coefficient (Wildman–Crippen LogP) is 2.82. The summed E-state index contributed by atoms with van der Waals surface area (Å²) >= 11 is 4.68. The number of nitrogens with zero attached hydrogens (tertiary/aromatic N) is 1. The van der Waals surface area contributed by atoms with Gasteiger partial charge in [-0.3, -0.25) is 9.59 Å².